The Bertz CT molecular complexity index is 2160. The first-order chi connectivity index (χ1) is 19.8. The summed E-state index contributed by atoms with van der Waals surface area (Å²) in [7, 11) is 0. The van der Waals surface area contributed by atoms with Gasteiger partial charge in [0.2, 0.25) is 0 Å². The van der Waals surface area contributed by atoms with Crippen LogP contribution in [0.1, 0.15) is 0 Å². The Morgan fingerprint density at radius 1 is 0.425 bits per heavy atom. The van der Waals surface area contributed by atoms with Gasteiger partial charge in [-0.1, -0.05) is 109 Å². The molecule has 0 aliphatic carbocycles. The van der Waals surface area contributed by atoms with Gasteiger partial charge in [0.1, 0.15) is 11.2 Å². The van der Waals surface area contributed by atoms with Gasteiger partial charge >= 0.3 is 0 Å². The summed E-state index contributed by atoms with van der Waals surface area (Å²) in [6.45, 7) is 0. The van der Waals surface area contributed by atoms with Gasteiger partial charge in [-0.05, 0) is 69.8 Å². The maximum Gasteiger partial charge on any atom is 0.137 e. The number of benzene rings is 7. The van der Waals surface area contributed by atoms with Crippen molar-refractivity contribution in [2.75, 3.05) is 4.90 Å². The van der Waals surface area contributed by atoms with E-state index in [1.807, 2.05) is 0 Å². The van der Waals surface area contributed by atoms with Gasteiger partial charge in [-0.2, -0.15) is 0 Å². The van der Waals surface area contributed by atoms with Gasteiger partial charge in [-0.3, -0.25) is 0 Å². The molecule has 0 saturated carbocycles. The summed E-state index contributed by atoms with van der Waals surface area (Å²) >= 11 is 0. The molecule has 7 aromatic carbocycles. The lowest BCUT2D eigenvalue weighted by molar-refractivity contribution is 0.669. The van der Waals surface area contributed by atoms with Crippen molar-refractivity contribution >= 4 is 60.5 Å². The second-order valence-electron chi connectivity index (χ2n) is 10.2. The highest BCUT2D eigenvalue weighted by Gasteiger charge is 2.21. The monoisotopic (exact) mass is 511 g/mol. The van der Waals surface area contributed by atoms with Crippen LogP contribution in [-0.2, 0) is 0 Å². The number of hydrogen-bond donors (Lipinski definition) is 0. The first-order valence-electron chi connectivity index (χ1n) is 13.6. The molecule has 0 saturated heterocycles. The molecule has 0 radical (unpaired) electrons. The topological polar surface area (TPSA) is 16.4 Å². The van der Waals surface area contributed by atoms with E-state index in [0.29, 0.717) is 0 Å². The minimum Gasteiger partial charge on any atom is -0.456 e. The number of furan rings is 1. The third-order valence-corrected chi connectivity index (χ3v) is 7.82. The molecule has 2 heteroatoms. The smallest absolute Gasteiger partial charge is 0.137 e. The maximum atomic E-state index is 6.46. The molecular weight excluding hydrogens is 486 g/mol. The van der Waals surface area contributed by atoms with Crippen LogP contribution >= 0.6 is 0 Å². The van der Waals surface area contributed by atoms with E-state index in [9.17, 15) is 0 Å². The zero-order valence-corrected chi connectivity index (χ0v) is 21.8. The average molecular weight is 512 g/mol. The summed E-state index contributed by atoms with van der Waals surface area (Å²) in [5, 5.41) is 7.04. The van der Waals surface area contributed by atoms with Crippen LogP contribution < -0.4 is 4.90 Å². The number of nitrogens with zero attached hydrogens (tertiary/aromatic N) is 1. The molecule has 0 unspecified atom stereocenters. The summed E-state index contributed by atoms with van der Waals surface area (Å²) in [6, 6.07) is 53.7. The van der Waals surface area contributed by atoms with Crippen molar-refractivity contribution < 1.29 is 4.42 Å². The Hall–Kier alpha value is -5.34. The first kappa shape index (κ1) is 22.6. The van der Waals surface area contributed by atoms with Crippen molar-refractivity contribution in [3.8, 4) is 11.1 Å². The van der Waals surface area contributed by atoms with E-state index in [4.69, 9.17) is 4.42 Å². The van der Waals surface area contributed by atoms with Crippen LogP contribution in [0, 0.1) is 0 Å². The third-order valence-electron chi connectivity index (χ3n) is 7.82. The molecule has 8 rings (SSSR count). The lowest BCUT2D eigenvalue weighted by Gasteiger charge is -2.28. The molecule has 0 fully saturated rings. The molecule has 0 aliphatic rings. The lowest BCUT2D eigenvalue weighted by Crippen LogP contribution is -2.11. The number of anilines is 3. The van der Waals surface area contributed by atoms with Crippen LogP contribution in [0.3, 0.4) is 0 Å². The molecule has 1 aromatic heterocycles. The highest BCUT2D eigenvalue weighted by atomic mass is 16.3. The van der Waals surface area contributed by atoms with E-state index in [2.05, 4.69) is 157 Å². The number of fused-ring (bicyclic) bond motifs is 5. The molecule has 8 aromatic rings. The standard InChI is InChI=1S/C38H25NO/c1-3-12-26(13-4-1)30-22-23-34(32-19-10-9-18-31(30)32)39(29-16-5-2-6-17-29)35-20-11-21-36-38(35)33-24-27-14-7-8-15-28(27)25-37(33)40-36/h1-25H. The number of rotatable bonds is 4. The largest absolute Gasteiger partial charge is 0.456 e. The molecular formula is C38H25NO. The Morgan fingerprint density at radius 3 is 1.90 bits per heavy atom. The van der Waals surface area contributed by atoms with Crippen molar-refractivity contribution in [3.05, 3.63) is 152 Å². The molecule has 1 heterocycles. The van der Waals surface area contributed by atoms with Crippen molar-refractivity contribution in [1.29, 1.82) is 0 Å². The van der Waals surface area contributed by atoms with Crippen LogP contribution in [0.25, 0.3) is 54.6 Å². The quantitative estimate of drug-likeness (QED) is 0.234. The van der Waals surface area contributed by atoms with Gasteiger partial charge in [-0.15, -0.1) is 0 Å². The predicted octanol–water partition coefficient (Wildman–Crippen LogP) is 11.0. The minimum absolute atomic E-state index is 0.883. The Morgan fingerprint density at radius 2 is 1.10 bits per heavy atom. The number of para-hydroxylation sites is 1. The van der Waals surface area contributed by atoms with E-state index in [1.165, 1.54) is 32.7 Å². The van der Waals surface area contributed by atoms with Crippen LogP contribution in [0.2, 0.25) is 0 Å². The van der Waals surface area contributed by atoms with Crippen LogP contribution in [0.4, 0.5) is 17.1 Å². The van der Waals surface area contributed by atoms with E-state index >= 15 is 0 Å². The normalized spacial score (nSPS) is 11.5. The van der Waals surface area contributed by atoms with Gasteiger partial charge in [-0.25, -0.2) is 0 Å². The predicted molar refractivity (Wildman–Crippen MR) is 169 cm³/mol. The second-order valence-corrected chi connectivity index (χ2v) is 10.2. The first-order valence-corrected chi connectivity index (χ1v) is 13.6. The van der Waals surface area contributed by atoms with E-state index in [-0.39, 0.29) is 0 Å². The summed E-state index contributed by atoms with van der Waals surface area (Å²) < 4.78 is 6.46. The Labute approximate surface area is 232 Å². The van der Waals surface area contributed by atoms with Crippen molar-refractivity contribution in [1.82, 2.24) is 0 Å². The number of hydrogen-bond acceptors (Lipinski definition) is 2. The van der Waals surface area contributed by atoms with Gasteiger partial charge in [0.25, 0.3) is 0 Å². The van der Waals surface area contributed by atoms with Gasteiger partial charge < -0.3 is 9.32 Å². The zero-order valence-electron chi connectivity index (χ0n) is 21.8. The van der Waals surface area contributed by atoms with Crippen LogP contribution in [0.5, 0.6) is 0 Å². The van der Waals surface area contributed by atoms with Crippen molar-refractivity contribution in [2.24, 2.45) is 0 Å². The van der Waals surface area contributed by atoms with Gasteiger partial charge in [0.05, 0.1) is 16.8 Å². The molecule has 0 atom stereocenters. The average Bonchev–Trinajstić information content (AvgIpc) is 3.39. The highest BCUT2D eigenvalue weighted by Crippen LogP contribution is 2.46. The zero-order chi connectivity index (χ0) is 26.5. The molecule has 0 aliphatic heterocycles. The van der Waals surface area contributed by atoms with Crippen LogP contribution in [-0.4, -0.2) is 0 Å². The van der Waals surface area contributed by atoms with Gasteiger partial charge in [0.15, 0.2) is 0 Å². The highest BCUT2D eigenvalue weighted by molar-refractivity contribution is 6.17. The Kier molecular flexibility index (Phi) is 5.17. The molecule has 0 amide bonds. The van der Waals surface area contributed by atoms with E-state index in [1.54, 1.807) is 0 Å². The third kappa shape index (κ3) is 3.58. The van der Waals surface area contributed by atoms with E-state index in [0.717, 1.165) is 39.0 Å². The molecule has 0 spiro atoms. The fourth-order valence-corrected chi connectivity index (χ4v) is 6.01. The fraction of sp³-hybridized carbons (Fsp3) is 0. The van der Waals surface area contributed by atoms with Crippen molar-refractivity contribution in [3.63, 3.8) is 0 Å². The molecule has 2 nitrogen and oxygen atoms in total. The summed E-state index contributed by atoms with van der Waals surface area (Å²) in [6.07, 6.45) is 0. The lowest BCUT2D eigenvalue weighted by atomic mass is 9.96. The molecule has 188 valence electrons. The summed E-state index contributed by atoms with van der Waals surface area (Å²) in [5.41, 5.74) is 7.55. The summed E-state index contributed by atoms with van der Waals surface area (Å²) in [4.78, 5) is 2.38. The summed E-state index contributed by atoms with van der Waals surface area (Å²) in [5.74, 6) is 0. The Balaban J connectivity index is 1.45. The second kappa shape index (κ2) is 9.14. The van der Waals surface area contributed by atoms with Crippen LogP contribution in [0.15, 0.2) is 156 Å². The molecule has 40 heavy (non-hydrogen) atoms. The molecule has 0 bridgehead atoms. The SMILES string of the molecule is c1ccc(-c2ccc(N(c3ccccc3)c3cccc4oc5cc6ccccc6cc5c34)c3ccccc23)cc1. The van der Waals surface area contributed by atoms with Gasteiger partial charge in [0, 0.05) is 16.5 Å². The maximum absolute atomic E-state index is 6.46. The molecule has 0 N–H and O–H groups in total. The van der Waals surface area contributed by atoms with Crippen molar-refractivity contribution in [2.45, 2.75) is 0 Å². The fourth-order valence-electron chi connectivity index (χ4n) is 6.01. The minimum atomic E-state index is 0.883. The van der Waals surface area contributed by atoms with E-state index < -0.39 is 0 Å².